The Bertz CT molecular complexity index is 1120. The third-order valence-electron chi connectivity index (χ3n) is 7.16. The largest absolute Gasteiger partial charge is 0.460 e. The van der Waals surface area contributed by atoms with Crippen molar-refractivity contribution < 1.29 is 18.7 Å². The minimum atomic E-state index is -2.66. The third-order valence-corrected chi connectivity index (χ3v) is 12.2. The van der Waals surface area contributed by atoms with Gasteiger partial charge in [-0.3, -0.25) is 0 Å². The molecule has 0 aliphatic rings. The van der Waals surface area contributed by atoms with E-state index in [0.717, 1.165) is 5.56 Å². The van der Waals surface area contributed by atoms with E-state index in [2.05, 4.69) is 82.3 Å². The van der Waals surface area contributed by atoms with Gasteiger partial charge in [-0.25, -0.2) is 4.79 Å². The molecule has 3 atom stereocenters. The smallest absolute Gasteiger partial charge is 0.335 e. The van der Waals surface area contributed by atoms with Gasteiger partial charge in [0.1, 0.15) is 6.10 Å². The Morgan fingerprint density at radius 2 is 1.36 bits per heavy atom. The van der Waals surface area contributed by atoms with Gasteiger partial charge >= 0.3 is 5.97 Å². The first-order valence-electron chi connectivity index (χ1n) is 13.9. The maximum absolute atomic E-state index is 13.0. The van der Waals surface area contributed by atoms with Crippen molar-refractivity contribution in [3.63, 3.8) is 0 Å². The minimum Gasteiger partial charge on any atom is -0.460 e. The summed E-state index contributed by atoms with van der Waals surface area (Å²) in [6, 6.07) is 31.1. The Hall–Kier alpha value is -2.99. The monoisotopic (exact) mass is 544 g/mol. The minimum absolute atomic E-state index is 0.0445. The van der Waals surface area contributed by atoms with Crippen molar-refractivity contribution in [3.05, 3.63) is 109 Å². The second kappa shape index (κ2) is 14.4. The second-order valence-corrected chi connectivity index (χ2v) is 15.4. The molecule has 0 aromatic heterocycles. The Labute approximate surface area is 236 Å². The highest BCUT2D eigenvalue weighted by Gasteiger charge is 2.50. The molecule has 0 spiro atoms. The van der Waals surface area contributed by atoms with Crippen LogP contribution in [0.3, 0.4) is 0 Å². The van der Waals surface area contributed by atoms with E-state index < -0.39 is 14.4 Å². The normalized spacial score (nSPS) is 14.6. The van der Waals surface area contributed by atoms with Crippen LogP contribution in [0.25, 0.3) is 0 Å². The summed E-state index contributed by atoms with van der Waals surface area (Å²) in [6.07, 6.45) is 3.69. The molecular formula is C34H44O4Si. The highest BCUT2D eigenvalue weighted by atomic mass is 28.4. The molecule has 3 aromatic carbocycles. The Morgan fingerprint density at radius 1 is 0.846 bits per heavy atom. The maximum atomic E-state index is 13.0. The summed E-state index contributed by atoms with van der Waals surface area (Å²) >= 11 is 0. The van der Waals surface area contributed by atoms with Crippen LogP contribution in [0.15, 0.2) is 103 Å². The van der Waals surface area contributed by atoms with Crippen LogP contribution in [0.4, 0.5) is 0 Å². The van der Waals surface area contributed by atoms with Gasteiger partial charge in [-0.05, 0) is 34.8 Å². The molecule has 0 aliphatic carbocycles. The van der Waals surface area contributed by atoms with Crippen molar-refractivity contribution in [2.45, 2.75) is 71.8 Å². The number of allylic oxidation sites excluding steroid dienone is 1. The van der Waals surface area contributed by atoms with Gasteiger partial charge in [-0.15, -0.1) is 0 Å². The number of hydrogen-bond acceptors (Lipinski definition) is 4. The van der Waals surface area contributed by atoms with Crippen molar-refractivity contribution in [1.29, 1.82) is 0 Å². The van der Waals surface area contributed by atoms with E-state index in [1.165, 1.54) is 10.4 Å². The fourth-order valence-electron chi connectivity index (χ4n) is 5.05. The summed E-state index contributed by atoms with van der Waals surface area (Å²) in [5, 5.41) is 2.36. The highest BCUT2D eigenvalue weighted by molar-refractivity contribution is 6.99. The first-order valence-corrected chi connectivity index (χ1v) is 15.8. The molecule has 208 valence electrons. The quantitative estimate of drug-likeness (QED) is 0.137. The van der Waals surface area contributed by atoms with Crippen molar-refractivity contribution in [1.82, 2.24) is 0 Å². The Kier molecular flexibility index (Phi) is 11.3. The number of ether oxygens (including phenoxy) is 2. The van der Waals surface area contributed by atoms with Crippen molar-refractivity contribution >= 4 is 24.7 Å². The number of carbonyl (C=O) groups is 1. The van der Waals surface area contributed by atoms with Gasteiger partial charge in [-0.2, -0.15) is 0 Å². The SMILES string of the molecule is C/C=C/[C@@H](C)[C@@H](CCO[Si](c1ccccc1)(c1ccccc1)C(C)(C)C)OC(=O)[C@H](C)OCc1ccccc1. The van der Waals surface area contributed by atoms with Gasteiger partial charge < -0.3 is 13.9 Å². The van der Waals surface area contributed by atoms with E-state index in [1.54, 1.807) is 6.92 Å². The van der Waals surface area contributed by atoms with Crippen LogP contribution < -0.4 is 10.4 Å². The van der Waals surface area contributed by atoms with E-state index in [0.29, 0.717) is 19.6 Å². The molecule has 0 saturated heterocycles. The zero-order valence-corrected chi connectivity index (χ0v) is 25.3. The van der Waals surface area contributed by atoms with Gasteiger partial charge in [0.05, 0.1) is 6.61 Å². The first-order chi connectivity index (χ1) is 18.7. The molecular weight excluding hydrogens is 500 g/mol. The summed E-state index contributed by atoms with van der Waals surface area (Å²) < 4.78 is 18.9. The van der Waals surface area contributed by atoms with Gasteiger partial charge in [0.25, 0.3) is 8.32 Å². The van der Waals surface area contributed by atoms with Crippen LogP contribution in [0.5, 0.6) is 0 Å². The molecule has 0 bridgehead atoms. The van der Waals surface area contributed by atoms with Crippen molar-refractivity contribution in [2.24, 2.45) is 5.92 Å². The van der Waals surface area contributed by atoms with Crippen LogP contribution >= 0.6 is 0 Å². The second-order valence-electron chi connectivity index (χ2n) is 11.1. The molecule has 0 amide bonds. The number of rotatable bonds is 13. The maximum Gasteiger partial charge on any atom is 0.335 e. The standard InChI is InChI=1S/C34H44O4Si/c1-7-17-27(2)32(38-33(35)28(3)36-26-29-18-11-8-12-19-29)24-25-37-39(34(4,5)6,30-20-13-9-14-21-30)31-22-15-10-16-23-31/h7-23,27-28,32H,24-26H2,1-6H3/b17-7+/t27-,28+,32-/m1/s1. The van der Waals surface area contributed by atoms with Gasteiger partial charge in [0.15, 0.2) is 6.10 Å². The third kappa shape index (κ3) is 8.01. The van der Waals surface area contributed by atoms with Gasteiger partial charge in [0, 0.05) is 18.9 Å². The summed E-state index contributed by atoms with van der Waals surface area (Å²) in [5.74, 6) is -0.305. The lowest BCUT2D eigenvalue weighted by Gasteiger charge is -2.43. The van der Waals surface area contributed by atoms with Crippen molar-refractivity contribution in [3.8, 4) is 0 Å². The van der Waals surface area contributed by atoms with Crippen LogP contribution in [0.2, 0.25) is 5.04 Å². The molecule has 0 aliphatic heterocycles. The van der Waals surface area contributed by atoms with Crippen molar-refractivity contribution in [2.75, 3.05) is 6.61 Å². The number of carbonyl (C=O) groups excluding carboxylic acids is 1. The van der Waals surface area contributed by atoms with E-state index >= 15 is 0 Å². The average Bonchev–Trinajstić information content (AvgIpc) is 2.94. The van der Waals surface area contributed by atoms with Crippen LogP contribution in [-0.2, 0) is 25.3 Å². The number of esters is 1. The fourth-order valence-corrected chi connectivity index (χ4v) is 9.63. The summed E-state index contributed by atoms with van der Waals surface area (Å²) in [4.78, 5) is 13.0. The number of hydrogen-bond donors (Lipinski definition) is 0. The molecule has 3 aromatic rings. The van der Waals surface area contributed by atoms with Crippen LogP contribution in [0.1, 0.15) is 53.5 Å². The van der Waals surface area contributed by atoms with Gasteiger partial charge in [-0.1, -0.05) is 131 Å². The van der Waals surface area contributed by atoms with E-state index in [-0.39, 0.29) is 23.0 Å². The fraction of sp³-hybridized carbons (Fsp3) is 0.382. The molecule has 5 heteroatoms. The molecule has 0 N–H and O–H groups in total. The highest BCUT2D eigenvalue weighted by Crippen LogP contribution is 2.37. The van der Waals surface area contributed by atoms with E-state index in [9.17, 15) is 4.79 Å². The topological polar surface area (TPSA) is 44.8 Å². The van der Waals surface area contributed by atoms with Crippen LogP contribution in [0, 0.1) is 5.92 Å². The first kappa shape index (κ1) is 30.5. The summed E-state index contributed by atoms with van der Waals surface area (Å²) in [7, 11) is -2.66. The molecule has 0 fully saturated rings. The zero-order chi connectivity index (χ0) is 28.3. The lowest BCUT2D eigenvalue weighted by molar-refractivity contribution is -0.164. The summed E-state index contributed by atoms with van der Waals surface area (Å²) in [5.41, 5.74) is 1.02. The molecule has 0 heterocycles. The average molecular weight is 545 g/mol. The van der Waals surface area contributed by atoms with E-state index in [4.69, 9.17) is 13.9 Å². The summed E-state index contributed by atoms with van der Waals surface area (Å²) in [6.45, 7) is 13.5. The molecule has 0 unspecified atom stereocenters. The van der Waals surface area contributed by atoms with Crippen LogP contribution in [-0.4, -0.2) is 33.1 Å². The lowest BCUT2D eigenvalue weighted by Crippen LogP contribution is -2.66. The van der Waals surface area contributed by atoms with E-state index in [1.807, 2.05) is 55.5 Å². The predicted molar refractivity (Wildman–Crippen MR) is 163 cm³/mol. The van der Waals surface area contributed by atoms with Gasteiger partial charge in [0.2, 0.25) is 0 Å². The number of benzene rings is 3. The molecule has 39 heavy (non-hydrogen) atoms. The zero-order valence-electron chi connectivity index (χ0n) is 24.3. The molecule has 0 radical (unpaired) electrons. The predicted octanol–water partition coefficient (Wildman–Crippen LogP) is 6.68. The molecule has 0 saturated carbocycles. The molecule has 4 nitrogen and oxygen atoms in total. The Balaban J connectivity index is 1.78. The molecule has 3 rings (SSSR count). The Morgan fingerprint density at radius 3 is 1.85 bits per heavy atom. The lowest BCUT2D eigenvalue weighted by atomic mass is 10.0.